The first-order valence-electron chi connectivity index (χ1n) is 10.8. The quantitative estimate of drug-likeness (QED) is 0.183. The third-order valence-electron chi connectivity index (χ3n) is 5.66. The van der Waals surface area contributed by atoms with Crippen LogP contribution in [0.4, 0.5) is 0 Å². The number of piperidine rings is 1. The molecule has 1 aliphatic rings. The first kappa shape index (κ1) is 21.1. The minimum atomic E-state index is -0.286. The molecular weight excluding hydrogens is 392 g/mol. The zero-order chi connectivity index (χ0) is 21.6. The molecule has 0 bridgehead atoms. The first-order valence-corrected chi connectivity index (χ1v) is 10.8. The number of rotatable bonds is 8. The van der Waals surface area contributed by atoms with Gasteiger partial charge < -0.3 is 26.7 Å². The van der Waals surface area contributed by atoms with Crippen molar-refractivity contribution in [1.29, 1.82) is 5.41 Å². The smallest absolute Gasteiger partial charge is 0.354 e. The van der Waals surface area contributed by atoms with E-state index in [-0.39, 0.29) is 11.6 Å². The van der Waals surface area contributed by atoms with Gasteiger partial charge in [0.25, 0.3) is 0 Å². The van der Waals surface area contributed by atoms with Gasteiger partial charge in [-0.3, -0.25) is 9.98 Å². The van der Waals surface area contributed by atoms with E-state index >= 15 is 0 Å². The predicted molar refractivity (Wildman–Crippen MR) is 123 cm³/mol. The number of aromatic amines is 1. The second-order valence-electron chi connectivity index (χ2n) is 8.00. The van der Waals surface area contributed by atoms with Crippen LogP contribution in [-0.2, 0) is 6.54 Å². The Balaban J connectivity index is 1.41. The Bertz CT molecular complexity index is 1080. The van der Waals surface area contributed by atoms with E-state index in [1.165, 1.54) is 0 Å². The van der Waals surface area contributed by atoms with E-state index in [0.29, 0.717) is 18.1 Å². The van der Waals surface area contributed by atoms with E-state index in [4.69, 9.17) is 11.1 Å². The number of hydrogen-bond donors (Lipinski definition) is 6. The van der Waals surface area contributed by atoms with E-state index < -0.39 is 0 Å². The van der Waals surface area contributed by atoms with Gasteiger partial charge in [0.05, 0.1) is 5.69 Å². The van der Waals surface area contributed by atoms with Crippen molar-refractivity contribution >= 4 is 17.0 Å². The van der Waals surface area contributed by atoms with Crippen LogP contribution in [0.1, 0.15) is 36.4 Å². The molecule has 0 spiro atoms. The van der Waals surface area contributed by atoms with Gasteiger partial charge in [0.1, 0.15) is 5.65 Å². The van der Waals surface area contributed by atoms with Crippen molar-refractivity contribution in [2.75, 3.05) is 26.2 Å². The minimum Gasteiger partial charge on any atom is -0.370 e. The highest BCUT2D eigenvalue weighted by Gasteiger charge is 2.18. The Morgan fingerprint density at radius 1 is 1.29 bits per heavy atom. The highest BCUT2D eigenvalue weighted by Crippen LogP contribution is 2.25. The summed E-state index contributed by atoms with van der Waals surface area (Å²) in [7, 11) is 0. The molecule has 1 saturated heterocycles. The summed E-state index contributed by atoms with van der Waals surface area (Å²) in [5, 5.41) is 17.6. The molecule has 7 N–H and O–H groups in total. The average Bonchev–Trinajstić information content (AvgIpc) is 3.19. The SMILES string of the molecule is N=C(N)NCCCNCc1ccc(-n2cc3cc(C4CCCNC4)[nH]c3nc2=O)cc1. The number of H-pyrrole nitrogens is 1. The third-order valence-corrected chi connectivity index (χ3v) is 5.66. The molecule has 3 heterocycles. The van der Waals surface area contributed by atoms with Gasteiger partial charge in [-0.25, -0.2) is 4.79 Å². The Morgan fingerprint density at radius 2 is 2.13 bits per heavy atom. The first-order chi connectivity index (χ1) is 15.1. The summed E-state index contributed by atoms with van der Waals surface area (Å²) < 4.78 is 1.60. The van der Waals surface area contributed by atoms with Gasteiger partial charge in [-0.05, 0) is 56.1 Å². The average molecular weight is 423 g/mol. The molecule has 4 rings (SSSR count). The number of guanidine groups is 1. The normalized spacial score (nSPS) is 16.5. The van der Waals surface area contributed by atoms with Gasteiger partial charge in [0, 0.05) is 42.8 Å². The number of nitrogens with one attached hydrogen (secondary N) is 5. The highest BCUT2D eigenvalue weighted by molar-refractivity contribution is 5.76. The van der Waals surface area contributed by atoms with E-state index in [9.17, 15) is 4.79 Å². The van der Waals surface area contributed by atoms with Gasteiger partial charge >= 0.3 is 5.69 Å². The highest BCUT2D eigenvalue weighted by atomic mass is 16.1. The number of fused-ring (bicyclic) bond motifs is 1. The monoisotopic (exact) mass is 422 g/mol. The van der Waals surface area contributed by atoms with Gasteiger partial charge in [0.2, 0.25) is 0 Å². The fraction of sp³-hybridized carbons (Fsp3) is 0.409. The minimum absolute atomic E-state index is 0.000339. The maximum atomic E-state index is 12.6. The van der Waals surface area contributed by atoms with Crippen LogP contribution in [0.25, 0.3) is 16.7 Å². The molecule has 31 heavy (non-hydrogen) atoms. The molecule has 9 nitrogen and oxygen atoms in total. The topological polar surface area (TPSA) is 137 Å². The largest absolute Gasteiger partial charge is 0.370 e. The van der Waals surface area contributed by atoms with E-state index in [2.05, 4.69) is 32.0 Å². The molecule has 164 valence electrons. The van der Waals surface area contributed by atoms with Crippen LogP contribution in [0.15, 0.2) is 41.3 Å². The maximum Gasteiger partial charge on any atom is 0.354 e. The second-order valence-corrected chi connectivity index (χ2v) is 8.00. The van der Waals surface area contributed by atoms with Crippen molar-refractivity contribution in [3.63, 3.8) is 0 Å². The molecule has 9 heteroatoms. The van der Waals surface area contributed by atoms with Gasteiger partial charge in [-0.2, -0.15) is 4.98 Å². The molecular formula is C22H30N8O. The molecule has 1 atom stereocenters. The zero-order valence-corrected chi connectivity index (χ0v) is 17.6. The fourth-order valence-electron chi connectivity index (χ4n) is 3.98. The molecule has 0 aliphatic carbocycles. The molecule has 1 unspecified atom stereocenters. The van der Waals surface area contributed by atoms with Crippen molar-refractivity contribution in [2.45, 2.75) is 31.7 Å². The molecule has 1 aromatic carbocycles. The molecule has 0 saturated carbocycles. The van der Waals surface area contributed by atoms with E-state index in [0.717, 1.165) is 67.8 Å². The van der Waals surface area contributed by atoms with E-state index in [1.807, 2.05) is 30.5 Å². The van der Waals surface area contributed by atoms with Crippen molar-refractivity contribution in [2.24, 2.45) is 5.73 Å². The van der Waals surface area contributed by atoms with Crippen LogP contribution in [0.3, 0.4) is 0 Å². The summed E-state index contributed by atoms with van der Waals surface area (Å²) in [4.78, 5) is 20.2. The van der Waals surface area contributed by atoms with Crippen LogP contribution in [0.2, 0.25) is 0 Å². The van der Waals surface area contributed by atoms with Crippen molar-refractivity contribution in [3.05, 3.63) is 58.3 Å². The Kier molecular flexibility index (Phi) is 6.63. The van der Waals surface area contributed by atoms with Crippen LogP contribution in [0, 0.1) is 5.41 Å². The van der Waals surface area contributed by atoms with Crippen LogP contribution >= 0.6 is 0 Å². The van der Waals surface area contributed by atoms with Gasteiger partial charge in [-0.1, -0.05) is 12.1 Å². The molecule has 1 aliphatic heterocycles. The summed E-state index contributed by atoms with van der Waals surface area (Å²) >= 11 is 0. The maximum absolute atomic E-state index is 12.6. The lowest BCUT2D eigenvalue weighted by Crippen LogP contribution is -2.32. The number of benzene rings is 1. The summed E-state index contributed by atoms with van der Waals surface area (Å²) in [6.07, 6.45) is 5.06. The number of aromatic nitrogens is 3. The molecule has 0 radical (unpaired) electrons. The van der Waals surface area contributed by atoms with Gasteiger partial charge in [-0.15, -0.1) is 0 Å². The summed E-state index contributed by atoms with van der Waals surface area (Å²) in [5.41, 5.74) is 8.71. The molecule has 3 aromatic rings. The van der Waals surface area contributed by atoms with Crippen molar-refractivity contribution in [1.82, 2.24) is 30.5 Å². The van der Waals surface area contributed by atoms with Crippen LogP contribution in [0.5, 0.6) is 0 Å². The number of hydrogen-bond acceptors (Lipinski definition) is 5. The Hall–Kier alpha value is -3.17. The number of nitrogens with zero attached hydrogens (tertiary/aromatic N) is 2. The number of nitrogens with two attached hydrogens (primary N) is 1. The molecule has 0 amide bonds. The second kappa shape index (κ2) is 9.76. The van der Waals surface area contributed by atoms with Gasteiger partial charge in [0.15, 0.2) is 5.96 Å². The Morgan fingerprint density at radius 3 is 2.87 bits per heavy atom. The standard InChI is InChI=1S/C22H30N8O/c23-21(24)27-10-2-9-25-12-15-4-6-18(7-5-15)30-14-17-11-19(16-3-1-8-26-13-16)28-20(17)29-22(30)31/h4-7,11,14,16,25-26H,1-3,8-10,12-13H2,(H4,23,24,27)(H,28,29,31). The van der Waals surface area contributed by atoms with Crippen molar-refractivity contribution < 1.29 is 0 Å². The van der Waals surface area contributed by atoms with Crippen molar-refractivity contribution in [3.8, 4) is 5.69 Å². The Labute approximate surface area is 181 Å². The summed E-state index contributed by atoms with van der Waals surface area (Å²) in [5.74, 6) is 0.442. The van der Waals surface area contributed by atoms with Crippen LogP contribution < -0.4 is 27.4 Å². The van der Waals surface area contributed by atoms with E-state index in [1.54, 1.807) is 4.57 Å². The zero-order valence-electron chi connectivity index (χ0n) is 17.6. The molecule has 1 fully saturated rings. The summed E-state index contributed by atoms with van der Waals surface area (Å²) in [6.45, 7) is 4.28. The van der Waals surface area contributed by atoms with Crippen LogP contribution in [-0.4, -0.2) is 46.7 Å². The lowest BCUT2D eigenvalue weighted by molar-refractivity contribution is 0.456. The lowest BCUT2D eigenvalue weighted by atomic mass is 9.96. The molecule has 2 aromatic heterocycles. The predicted octanol–water partition coefficient (Wildman–Crippen LogP) is 1.14. The third kappa shape index (κ3) is 5.31. The fourth-order valence-corrected chi connectivity index (χ4v) is 3.98. The lowest BCUT2D eigenvalue weighted by Gasteiger charge is -2.21. The summed E-state index contributed by atoms with van der Waals surface area (Å²) in [6, 6.07) is 10.0.